The summed E-state index contributed by atoms with van der Waals surface area (Å²) >= 11 is 0. The van der Waals surface area contributed by atoms with Crippen LogP contribution in [0.5, 0.6) is 0 Å². The van der Waals surface area contributed by atoms with Gasteiger partial charge in [-0.2, -0.15) is 0 Å². The third-order valence-corrected chi connectivity index (χ3v) is 2.23. The van der Waals surface area contributed by atoms with E-state index < -0.39 is 6.10 Å². The fraction of sp³-hybridized carbons (Fsp3) is 0.455. The molecule has 0 aromatic carbocycles. The van der Waals surface area contributed by atoms with Crippen molar-refractivity contribution in [2.24, 2.45) is 5.84 Å². The van der Waals surface area contributed by atoms with Crippen molar-refractivity contribution in [2.75, 3.05) is 19.0 Å². The highest BCUT2D eigenvalue weighted by molar-refractivity contribution is 5.94. The molecule has 0 spiro atoms. The number of aromatic nitrogens is 1. The summed E-state index contributed by atoms with van der Waals surface area (Å²) in [4.78, 5) is 17.6. The van der Waals surface area contributed by atoms with E-state index in [-0.39, 0.29) is 12.5 Å². The van der Waals surface area contributed by atoms with Gasteiger partial charge >= 0.3 is 0 Å². The molecule has 0 aliphatic rings. The molecule has 1 rings (SSSR count). The number of hydrogen-bond acceptors (Lipinski definition) is 5. The first kappa shape index (κ1) is 13.4. The van der Waals surface area contributed by atoms with Crippen molar-refractivity contribution in [1.29, 1.82) is 0 Å². The molecular formula is C11H18N4O2. The number of nitrogens with one attached hydrogen (secondary N) is 1. The molecule has 0 fully saturated rings. The van der Waals surface area contributed by atoms with Gasteiger partial charge in [-0.25, -0.2) is 10.8 Å². The van der Waals surface area contributed by atoms with Crippen LogP contribution in [0.3, 0.4) is 0 Å². The second-order valence-electron chi connectivity index (χ2n) is 4.06. The number of nitrogens with zero attached hydrogens (tertiary/aromatic N) is 2. The molecule has 1 heterocycles. The third-order valence-electron chi connectivity index (χ3n) is 2.23. The number of hydrazine groups is 1. The van der Waals surface area contributed by atoms with Crippen molar-refractivity contribution in [2.45, 2.75) is 20.0 Å². The average Bonchev–Trinajstić information content (AvgIpc) is 2.26. The Balaban J connectivity index is 2.91. The lowest BCUT2D eigenvalue weighted by atomic mass is 10.2. The Bertz CT molecular complexity index is 406. The number of aliphatic hydroxyl groups excluding tert-OH is 1. The fourth-order valence-corrected chi connectivity index (χ4v) is 1.57. The van der Waals surface area contributed by atoms with Gasteiger partial charge < -0.3 is 15.4 Å². The number of pyridine rings is 1. The van der Waals surface area contributed by atoms with Gasteiger partial charge in [-0.05, 0) is 26.0 Å². The second-order valence-corrected chi connectivity index (χ2v) is 4.06. The van der Waals surface area contributed by atoms with E-state index in [9.17, 15) is 9.90 Å². The number of nitrogen functional groups attached to an aromatic ring is 1. The maximum atomic E-state index is 12.0. The molecule has 0 saturated carbocycles. The van der Waals surface area contributed by atoms with Crippen LogP contribution in [0.4, 0.5) is 5.82 Å². The monoisotopic (exact) mass is 238 g/mol. The summed E-state index contributed by atoms with van der Waals surface area (Å²) in [5, 5.41) is 9.24. The Morgan fingerprint density at radius 1 is 1.65 bits per heavy atom. The number of amides is 1. The van der Waals surface area contributed by atoms with E-state index in [4.69, 9.17) is 5.84 Å². The highest BCUT2D eigenvalue weighted by Gasteiger charge is 2.14. The van der Waals surface area contributed by atoms with Gasteiger partial charge in [-0.3, -0.25) is 4.79 Å². The van der Waals surface area contributed by atoms with E-state index >= 15 is 0 Å². The molecule has 1 aromatic rings. The van der Waals surface area contributed by atoms with Gasteiger partial charge in [-0.15, -0.1) is 0 Å². The molecular weight excluding hydrogens is 220 g/mol. The maximum absolute atomic E-state index is 12.0. The summed E-state index contributed by atoms with van der Waals surface area (Å²) in [5.41, 5.74) is 3.61. The predicted molar refractivity (Wildman–Crippen MR) is 65.4 cm³/mol. The van der Waals surface area contributed by atoms with Crippen LogP contribution in [0.25, 0.3) is 0 Å². The van der Waals surface area contributed by atoms with Gasteiger partial charge in [0.05, 0.1) is 6.10 Å². The second kappa shape index (κ2) is 5.60. The number of nitrogens with two attached hydrogens (primary N) is 1. The van der Waals surface area contributed by atoms with Gasteiger partial charge in [0.15, 0.2) is 0 Å². The van der Waals surface area contributed by atoms with Gasteiger partial charge in [-0.1, -0.05) is 0 Å². The normalized spacial score (nSPS) is 12.1. The number of carbonyl (C=O) groups is 1. The van der Waals surface area contributed by atoms with Crippen LogP contribution >= 0.6 is 0 Å². The van der Waals surface area contributed by atoms with Crippen molar-refractivity contribution in [1.82, 2.24) is 9.88 Å². The van der Waals surface area contributed by atoms with Crippen LogP contribution in [-0.4, -0.2) is 40.6 Å². The first-order chi connectivity index (χ1) is 7.93. The summed E-state index contributed by atoms with van der Waals surface area (Å²) in [6, 6.07) is 3.26. The molecule has 0 aliphatic heterocycles. The van der Waals surface area contributed by atoms with E-state index in [0.29, 0.717) is 17.1 Å². The summed E-state index contributed by atoms with van der Waals surface area (Å²) in [7, 11) is 1.64. The Morgan fingerprint density at radius 2 is 2.29 bits per heavy atom. The lowest BCUT2D eigenvalue weighted by Gasteiger charge is -2.19. The number of aryl methyl sites for hydroxylation is 1. The summed E-state index contributed by atoms with van der Waals surface area (Å²) in [6.45, 7) is 3.70. The van der Waals surface area contributed by atoms with E-state index in [2.05, 4.69) is 10.4 Å². The third kappa shape index (κ3) is 3.69. The minimum absolute atomic E-state index is 0.173. The highest BCUT2D eigenvalue weighted by Crippen LogP contribution is 2.11. The van der Waals surface area contributed by atoms with Gasteiger partial charge in [0.1, 0.15) is 5.82 Å². The smallest absolute Gasteiger partial charge is 0.253 e. The lowest BCUT2D eigenvalue weighted by molar-refractivity contribution is 0.0703. The number of carbonyl (C=O) groups excluding carboxylic acids is 1. The molecule has 6 heteroatoms. The standard InChI is InChI=1S/C11H18N4O2/c1-7-4-9(5-10(13-7)14-12)11(17)15(3)6-8(2)16/h4-5,8,16H,6,12H2,1-3H3,(H,13,14). The van der Waals surface area contributed by atoms with E-state index in [0.717, 1.165) is 0 Å². The Morgan fingerprint density at radius 3 is 2.82 bits per heavy atom. The molecule has 94 valence electrons. The Kier molecular flexibility index (Phi) is 4.42. The number of likely N-dealkylation sites (N-methyl/N-ethyl adjacent to an activating group) is 1. The average molecular weight is 238 g/mol. The SMILES string of the molecule is Cc1cc(C(=O)N(C)CC(C)O)cc(NN)n1. The molecule has 17 heavy (non-hydrogen) atoms. The summed E-state index contributed by atoms with van der Waals surface area (Å²) in [5.74, 6) is 5.54. The minimum Gasteiger partial charge on any atom is -0.392 e. The van der Waals surface area contributed by atoms with Crippen LogP contribution in [0.15, 0.2) is 12.1 Å². The minimum atomic E-state index is -0.556. The number of aliphatic hydroxyl groups is 1. The molecule has 1 amide bonds. The van der Waals surface area contributed by atoms with Crippen LogP contribution in [0, 0.1) is 6.92 Å². The maximum Gasteiger partial charge on any atom is 0.253 e. The first-order valence-corrected chi connectivity index (χ1v) is 5.33. The molecule has 0 saturated heterocycles. The van der Waals surface area contributed by atoms with E-state index in [1.54, 1.807) is 33.0 Å². The highest BCUT2D eigenvalue weighted by atomic mass is 16.3. The quantitative estimate of drug-likeness (QED) is 0.512. The Hall–Kier alpha value is -1.66. The molecule has 4 N–H and O–H groups in total. The number of hydrogen-bond donors (Lipinski definition) is 3. The largest absolute Gasteiger partial charge is 0.392 e. The van der Waals surface area contributed by atoms with Crippen molar-refractivity contribution in [3.8, 4) is 0 Å². The topological polar surface area (TPSA) is 91.5 Å². The molecule has 0 bridgehead atoms. The predicted octanol–water partition coefficient (Wildman–Crippen LogP) is 0.128. The molecule has 1 unspecified atom stereocenters. The molecule has 1 atom stereocenters. The van der Waals surface area contributed by atoms with Gasteiger partial charge in [0.25, 0.3) is 5.91 Å². The number of anilines is 1. The van der Waals surface area contributed by atoms with Gasteiger partial charge in [0, 0.05) is 24.8 Å². The zero-order chi connectivity index (χ0) is 13.0. The van der Waals surface area contributed by atoms with Crippen molar-refractivity contribution < 1.29 is 9.90 Å². The van der Waals surface area contributed by atoms with Crippen LogP contribution in [0.1, 0.15) is 23.0 Å². The summed E-state index contributed by atoms with van der Waals surface area (Å²) in [6.07, 6.45) is -0.556. The molecule has 0 aliphatic carbocycles. The van der Waals surface area contributed by atoms with Crippen LogP contribution in [0.2, 0.25) is 0 Å². The lowest BCUT2D eigenvalue weighted by Crippen LogP contribution is -2.33. The molecule has 0 radical (unpaired) electrons. The zero-order valence-corrected chi connectivity index (χ0v) is 10.3. The molecule has 1 aromatic heterocycles. The van der Waals surface area contributed by atoms with Crippen LogP contribution < -0.4 is 11.3 Å². The zero-order valence-electron chi connectivity index (χ0n) is 10.3. The van der Waals surface area contributed by atoms with Crippen molar-refractivity contribution in [3.05, 3.63) is 23.4 Å². The Labute approximate surface area is 100 Å². The van der Waals surface area contributed by atoms with Gasteiger partial charge in [0.2, 0.25) is 0 Å². The molecule has 6 nitrogen and oxygen atoms in total. The summed E-state index contributed by atoms with van der Waals surface area (Å²) < 4.78 is 0. The van der Waals surface area contributed by atoms with Crippen molar-refractivity contribution >= 4 is 11.7 Å². The number of rotatable bonds is 4. The first-order valence-electron chi connectivity index (χ1n) is 5.33. The van der Waals surface area contributed by atoms with E-state index in [1.807, 2.05) is 0 Å². The van der Waals surface area contributed by atoms with Crippen molar-refractivity contribution in [3.63, 3.8) is 0 Å². The van der Waals surface area contributed by atoms with Crippen LogP contribution in [-0.2, 0) is 0 Å². The fourth-order valence-electron chi connectivity index (χ4n) is 1.57. The van der Waals surface area contributed by atoms with E-state index in [1.165, 1.54) is 4.90 Å².